The van der Waals surface area contributed by atoms with Gasteiger partial charge in [-0.3, -0.25) is 0 Å². The van der Waals surface area contributed by atoms with Crippen molar-refractivity contribution in [1.29, 1.82) is 0 Å². The standard InChI is InChI=1S/C12H12FIN4/c1-15-12-17-7-10(14)11(18-12)16-6-8-3-2-4-9(13)5-8/h2-5,7H,6H2,1H3,(H2,15,16,17,18). The van der Waals surface area contributed by atoms with Gasteiger partial charge in [0.1, 0.15) is 11.6 Å². The molecule has 0 aliphatic heterocycles. The second kappa shape index (κ2) is 5.94. The van der Waals surface area contributed by atoms with Crippen molar-refractivity contribution < 1.29 is 4.39 Å². The zero-order valence-corrected chi connectivity index (χ0v) is 11.9. The second-order valence-corrected chi connectivity index (χ2v) is 4.79. The van der Waals surface area contributed by atoms with Gasteiger partial charge in [-0.15, -0.1) is 0 Å². The molecule has 0 aliphatic carbocycles. The van der Waals surface area contributed by atoms with Crippen LogP contribution in [0.2, 0.25) is 0 Å². The number of halogens is 2. The highest BCUT2D eigenvalue weighted by Gasteiger charge is 2.04. The largest absolute Gasteiger partial charge is 0.365 e. The highest BCUT2D eigenvalue weighted by atomic mass is 127. The summed E-state index contributed by atoms with van der Waals surface area (Å²) in [6.07, 6.45) is 1.73. The molecule has 0 amide bonds. The molecule has 4 nitrogen and oxygen atoms in total. The molecule has 0 saturated carbocycles. The van der Waals surface area contributed by atoms with Crippen molar-refractivity contribution in [2.75, 3.05) is 17.7 Å². The third kappa shape index (κ3) is 3.28. The molecule has 6 heteroatoms. The molecule has 1 heterocycles. The number of nitrogens with one attached hydrogen (secondary N) is 2. The third-order valence-electron chi connectivity index (χ3n) is 2.32. The number of benzene rings is 1. The summed E-state index contributed by atoms with van der Waals surface area (Å²) < 4.78 is 13.9. The monoisotopic (exact) mass is 358 g/mol. The number of nitrogens with zero attached hydrogens (tertiary/aromatic N) is 2. The third-order valence-corrected chi connectivity index (χ3v) is 3.11. The SMILES string of the molecule is CNc1ncc(I)c(NCc2cccc(F)c2)n1. The van der Waals surface area contributed by atoms with Crippen molar-refractivity contribution in [3.05, 3.63) is 45.4 Å². The molecule has 0 bridgehead atoms. The molecule has 0 saturated heterocycles. The van der Waals surface area contributed by atoms with Gasteiger partial charge in [0.15, 0.2) is 0 Å². The van der Waals surface area contributed by atoms with Crippen LogP contribution in [-0.2, 0) is 6.54 Å². The van der Waals surface area contributed by atoms with E-state index in [-0.39, 0.29) is 5.82 Å². The fourth-order valence-electron chi connectivity index (χ4n) is 1.44. The summed E-state index contributed by atoms with van der Waals surface area (Å²) >= 11 is 2.15. The lowest BCUT2D eigenvalue weighted by molar-refractivity contribution is 0.626. The average Bonchev–Trinajstić information content (AvgIpc) is 2.38. The average molecular weight is 358 g/mol. The van der Waals surface area contributed by atoms with Crippen molar-refractivity contribution in [2.24, 2.45) is 0 Å². The molecule has 94 valence electrons. The van der Waals surface area contributed by atoms with Gasteiger partial charge in [-0.1, -0.05) is 12.1 Å². The van der Waals surface area contributed by atoms with E-state index in [1.54, 1.807) is 19.3 Å². The van der Waals surface area contributed by atoms with Gasteiger partial charge in [0, 0.05) is 19.8 Å². The van der Waals surface area contributed by atoms with E-state index in [0.717, 1.165) is 15.0 Å². The van der Waals surface area contributed by atoms with Crippen molar-refractivity contribution >= 4 is 34.4 Å². The summed E-state index contributed by atoms with van der Waals surface area (Å²) in [5, 5.41) is 6.04. The quantitative estimate of drug-likeness (QED) is 0.826. The maximum Gasteiger partial charge on any atom is 0.224 e. The van der Waals surface area contributed by atoms with Crippen LogP contribution in [-0.4, -0.2) is 17.0 Å². The van der Waals surface area contributed by atoms with Gasteiger partial charge in [-0.05, 0) is 40.3 Å². The molecule has 2 N–H and O–H groups in total. The first-order valence-corrected chi connectivity index (χ1v) is 6.45. The van der Waals surface area contributed by atoms with E-state index in [4.69, 9.17) is 0 Å². The van der Waals surface area contributed by atoms with E-state index < -0.39 is 0 Å². The van der Waals surface area contributed by atoms with Gasteiger partial charge in [0.05, 0.1) is 3.57 Å². The zero-order valence-electron chi connectivity index (χ0n) is 9.74. The Morgan fingerprint density at radius 1 is 1.39 bits per heavy atom. The number of rotatable bonds is 4. The first-order chi connectivity index (χ1) is 8.69. The Morgan fingerprint density at radius 2 is 2.22 bits per heavy atom. The number of anilines is 2. The topological polar surface area (TPSA) is 49.8 Å². The molecular formula is C12H12FIN4. The minimum absolute atomic E-state index is 0.234. The smallest absolute Gasteiger partial charge is 0.224 e. The van der Waals surface area contributed by atoms with Crippen LogP contribution in [0.3, 0.4) is 0 Å². The highest BCUT2D eigenvalue weighted by Crippen LogP contribution is 2.17. The first-order valence-electron chi connectivity index (χ1n) is 5.37. The number of hydrogen-bond acceptors (Lipinski definition) is 4. The van der Waals surface area contributed by atoms with Gasteiger partial charge in [0.25, 0.3) is 0 Å². The van der Waals surface area contributed by atoms with E-state index in [2.05, 4.69) is 43.2 Å². The fraction of sp³-hybridized carbons (Fsp3) is 0.167. The van der Waals surface area contributed by atoms with Gasteiger partial charge in [-0.2, -0.15) is 4.98 Å². The van der Waals surface area contributed by atoms with Crippen molar-refractivity contribution in [3.63, 3.8) is 0 Å². The summed E-state index contributed by atoms with van der Waals surface area (Å²) in [5.74, 6) is 1.05. The van der Waals surface area contributed by atoms with Crippen LogP contribution < -0.4 is 10.6 Å². The molecule has 1 aromatic heterocycles. The van der Waals surface area contributed by atoms with Crippen LogP contribution in [0.15, 0.2) is 30.5 Å². The predicted molar refractivity (Wildman–Crippen MR) is 78.0 cm³/mol. The Bertz CT molecular complexity index is 547. The lowest BCUT2D eigenvalue weighted by Gasteiger charge is -2.09. The molecule has 2 rings (SSSR count). The Balaban J connectivity index is 2.10. The van der Waals surface area contributed by atoms with Crippen molar-refractivity contribution in [2.45, 2.75) is 6.54 Å². The van der Waals surface area contributed by atoms with Crippen molar-refractivity contribution in [3.8, 4) is 0 Å². The second-order valence-electron chi connectivity index (χ2n) is 3.62. The zero-order chi connectivity index (χ0) is 13.0. The summed E-state index contributed by atoms with van der Waals surface area (Å²) in [5.41, 5.74) is 0.871. The van der Waals surface area contributed by atoms with Gasteiger partial charge in [0.2, 0.25) is 5.95 Å². The van der Waals surface area contributed by atoms with Crippen LogP contribution in [0, 0.1) is 9.39 Å². The predicted octanol–water partition coefficient (Wildman–Crippen LogP) is 2.87. The van der Waals surface area contributed by atoms with Crippen LogP contribution in [0.1, 0.15) is 5.56 Å². The van der Waals surface area contributed by atoms with Gasteiger partial charge < -0.3 is 10.6 Å². The molecule has 0 radical (unpaired) electrons. The van der Waals surface area contributed by atoms with Crippen LogP contribution >= 0.6 is 22.6 Å². The first kappa shape index (κ1) is 13.0. The van der Waals surface area contributed by atoms with E-state index in [1.807, 2.05) is 6.07 Å². The molecule has 0 spiro atoms. The molecule has 2 aromatic rings. The Hall–Kier alpha value is -1.44. The van der Waals surface area contributed by atoms with Crippen LogP contribution in [0.4, 0.5) is 16.2 Å². The Kier molecular flexibility index (Phi) is 4.29. The summed E-state index contributed by atoms with van der Waals surface area (Å²) in [7, 11) is 1.76. The molecular weight excluding hydrogens is 346 g/mol. The maximum atomic E-state index is 13.0. The normalized spacial score (nSPS) is 10.2. The van der Waals surface area contributed by atoms with Crippen molar-refractivity contribution in [1.82, 2.24) is 9.97 Å². The lowest BCUT2D eigenvalue weighted by atomic mass is 10.2. The number of hydrogen-bond donors (Lipinski definition) is 2. The molecule has 0 fully saturated rings. The minimum Gasteiger partial charge on any atom is -0.365 e. The maximum absolute atomic E-state index is 13.0. The van der Waals surface area contributed by atoms with Gasteiger partial charge in [-0.25, -0.2) is 9.37 Å². The molecule has 0 aliphatic rings. The van der Waals surface area contributed by atoms with Crippen LogP contribution in [0.25, 0.3) is 0 Å². The summed E-state index contributed by atoms with van der Waals surface area (Å²) in [4.78, 5) is 8.39. The van der Waals surface area contributed by atoms with E-state index >= 15 is 0 Å². The minimum atomic E-state index is -0.234. The summed E-state index contributed by atoms with van der Waals surface area (Å²) in [6.45, 7) is 0.522. The fourth-order valence-corrected chi connectivity index (χ4v) is 1.89. The molecule has 0 unspecified atom stereocenters. The van der Waals surface area contributed by atoms with E-state index in [0.29, 0.717) is 12.5 Å². The highest BCUT2D eigenvalue weighted by molar-refractivity contribution is 14.1. The number of aromatic nitrogens is 2. The lowest BCUT2D eigenvalue weighted by Crippen LogP contribution is -2.06. The van der Waals surface area contributed by atoms with E-state index in [1.165, 1.54) is 12.1 Å². The van der Waals surface area contributed by atoms with Crippen LogP contribution in [0.5, 0.6) is 0 Å². The Morgan fingerprint density at radius 3 is 2.94 bits per heavy atom. The van der Waals surface area contributed by atoms with Gasteiger partial charge >= 0.3 is 0 Å². The molecule has 18 heavy (non-hydrogen) atoms. The molecule has 1 aromatic carbocycles. The van der Waals surface area contributed by atoms with E-state index in [9.17, 15) is 4.39 Å². The molecule has 0 atom stereocenters. The summed E-state index contributed by atoms with van der Waals surface area (Å²) in [6, 6.07) is 6.48. The Labute approximate surface area is 118 Å².